The molecule has 1 aliphatic rings. The lowest BCUT2D eigenvalue weighted by Gasteiger charge is -2.30. The lowest BCUT2D eigenvalue weighted by molar-refractivity contribution is 0.0656. The molecule has 0 aliphatic heterocycles. The van der Waals surface area contributed by atoms with Crippen LogP contribution in [0.4, 0.5) is 4.39 Å². The first-order valence-corrected chi connectivity index (χ1v) is 10.3. The topological polar surface area (TPSA) is 76.3 Å². The monoisotopic (exact) mass is 429 g/mol. The van der Waals surface area contributed by atoms with Gasteiger partial charge in [-0.3, -0.25) is 9.59 Å². The van der Waals surface area contributed by atoms with E-state index >= 15 is 0 Å². The lowest BCUT2D eigenvalue weighted by atomic mass is 10.0. The molecule has 1 atom stereocenters. The van der Waals surface area contributed by atoms with E-state index in [0.29, 0.717) is 40.1 Å². The predicted molar refractivity (Wildman–Crippen MR) is 109 cm³/mol. The fraction of sp³-hybridized carbons (Fsp3) is 0.190. The number of aromatic nitrogens is 1. The van der Waals surface area contributed by atoms with Gasteiger partial charge in [-0.1, -0.05) is 29.8 Å². The number of rotatable bonds is 5. The summed E-state index contributed by atoms with van der Waals surface area (Å²) < 4.78 is 14.4. The summed E-state index contributed by atoms with van der Waals surface area (Å²) in [5.74, 6) is -1.21. The van der Waals surface area contributed by atoms with Gasteiger partial charge >= 0.3 is 0 Å². The van der Waals surface area contributed by atoms with Crippen molar-refractivity contribution in [2.24, 2.45) is 5.73 Å². The Labute approximate surface area is 175 Å². The molecule has 0 saturated carbocycles. The molecule has 0 bridgehead atoms. The number of amides is 2. The third kappa shape index (κ3) is 3.75. The molecule has 1 aliphatic carbocycles. The number of nitrogens with two attached hydrogens (primary N) is 1. The molecule has 2 aromatic carbocycles. The van der Waals surface area contributed by atoms with E-state index in [4.69, 9.17) is 17.3 Å². The number of halogens is 2. The highest BCUT2D eigenvalue weighted by Gasteiger charge is 2.34. The minimum Gasteiger partial charge on any atom is -0.366 e. The molecule has 5 nitrogen and oxygen atoms in total. The van der Waals surface area contributed by atoms with Gasteiger partial charge in [-0.05, 0) is 47.7 Å². The fourth-order valence-electron chi connectivity index (χ4n) is 3.80. The second-order valence-corrected chi connectivity index (χ2v) is 8.13. The summed E-state index contributed by atoms with van der Waals surface area (Å²) in [7, 11) is 0. The van der Waals surface area contributed by atoms with E-state index in [0.717, 1.165) is 0 Å². The highest BCUT2D eigenvalue weighted by Crippen LogP contribution is 2.40. The highest BCUT2D eigenvalue weighted by atomic mass is 35.5. The average molecular weight is 430 g/mol. The minimum atomic E-state index is -0.567. The fourth-order valence-corrected chi connectivity index (χ4v) is 4.61. The number of fused-ring (bicyclic) bond motifs is 1. The molecule has 0 spiro atoms. The first-order valence-electron chi connectivity index (χ1n) is 9.01. The zero-order chi connectivity index (χ0) is 20.5. The van der Waals surface area contributed by atoms with Crippen LogP contribution in [-0.2, 0) is 13.0 Å². The SMILES string of the molecule is NC(=O)c1ccccc1CN(C(=O)c1nccs1)[C@@H]1CCc2c(F)cc(Cl)cc21. The summed E-state index contributed by atoms with van der Waals surface area (Å²) in [5, 5.41) is 2.34. The van der Waals surface area contributed by atoms with Gasteiger partial charge < -0.3 is 10.6 Å². The van der Waals surface area contributed by atoms with Crippen LogP contribution in [0.2, 0.25) is 5.02 Å². The number of carbonyl (C=O) groups excluding carboxylic acids is 2. The van der Waals surface area contributed by atoms with Crippen LogP contribution >= 0.6 is 22.9 Å². The zero-order valence-corrected chi connectivity index (χ0v) is 16.8. The number of hydrogen-bond donors (Lipinski definition) is 1. The van der Waals surface area contributed by atoms with E-state index < -0.39 is 5.91 Å². The van der Waals surface area contributed by atoms with Crippen molar-refractivity contribution in [3.8, 4) is 0 Å². The van der Waals surface area contributed by atoms with E-state index in [1.807, 2.05) is 0 Å². The second-order valence-electron chi connectivity index (χ2n) is 6.80. The van der Waals surface area contributed by atoms with Crippen LogP contribution in [0.25, 0.3) is 0 Å². The summed E-state index contributed by atoms with van der Waals surface area (Å²) in [6, 6.07) is 9.51. The Hall–Kier alpha value is -2.77. The van der Waals surface area contributed by atoms with Gasteiger partial charge in [0.2, 0.25) is 5.91 Å². The third-order valence-corrected chi connectivity index (χ3v) is 6.08. The van der Waals surface area contributed by atoms with E-state index in [9.17, 15) is 14.0 Å². The normalized spacial score (nSPS) is 15.2. The van der Waals surface area contributed by atoms with Crippen LogP contribution in [0.5, 0.6) is 0 Å². The summed E-state index contributed by atoms with van der Waals surface area (Å²) in [6.45, 7) is 0.149. The number of hydrogen-bond acceptors (Lipinski definition) is 4. The molecule has 0 fully saturated rings. The summed E-state index contributed by atoms with van der Waals surface area (Å²) in [6.07, 6.45) is 2.62. The molecule has 0 radical (unpaired) electrons. The predicted octanol–water partition coefficient (Wildman–Crippen LogP) is 4.36. The van der Waals surface area contributed by atoms with Gasteiger partial charge in [-0.2, -0.15) is 0 Å². The summed E-state index contributed by atoms with van der Waals surface area (Å²) in [5.41, 5.74) is 7.74. The van der Waals surface area contributed by atoms with Crippen molar-refractivity contribution in [3.63, 3.8) is 0 Å². The molecule has 2 N–H and O–H groups in total. The van der Waals surface area contributed by atoms with Crippen LogP contribution in [0.15, 0.2) is 48.0 Å². The number of primary amides is 1. The summed E-state index contributed by atoms with van der Waals surface area (Å²) in [4.78, 5) is 30.9. The van der Waals surface area contributed by atoms with Crippen molar-refractivity contribution in [2.45, 2.75) is 25.4 Å². The van der Waals surface area contributed by atoms with Gasteiger partial charge in [0.25, 0.3) is 5.91 Å². The Bertz CT molecular complexity index is 1090. The van der Waals surface area contributed by atoms with Crippen LogP contribution in [0.3, 0.4) is 0 Å². The Kier molecular flexibility index (Phi) is 5.34. The highest BCUT2D eigenvalue weighted by molar-refractivity contribution is 7.11. The van der Waals surface area contributed by atoms with Gasteiger partial charge in [0.05, 0.1) is 6.04 Å². The van der Waals surface area contributed by atoms with Gasteiger partial charge in [0.15, 0.2) is 5.01 Å². The number of benzene rings is 2. The quantitative estimate of drug-likeness (QED) is 0.654. The van der Waals surface area contributed by atoms with E-state index in [1.54, 1.807) is 46.8 Å². The average Bonchev–Trinajstić information content (AvgIpc) is 3.36. The maximum absolute atomic E-state index is 14.4. The Balaban J connectivity index is 1.78. The number of carbonyl (C=O) groups is 2. The minimum absolute atomic E-state index is 0.149. The largest absolute Gasteiger partial charge is 0.366 e. The maximum Gasteiger partial charge on any atom is 0.283 e. The standard InChI is InChI=1S/C21H17ClFN3O2S/c22-13-9-16-15(17(23)10-13)5-6-18(16)26(21(28)20-25-7-8-29-20)11-12-3-1-2-4-14(12)19(24)27/h1-4,7-10,18H,5-6,11H2,(H2,24,27)/t18-/m1/s1. The van der Waals surface area contributed by atoms with Crippen LogP contribution < -0.4 is 5.73 Å². The van der Waals surface area contributed by atoms with Crippen molar-refractivity contribution in [1.29, 1.82) is 0 Å². The first-order chi connectivity index (χ1) is 14.0. The van der Waals surface area contributed by atoms with Crippen LogP contribution in [0, 0.1) is 5.82 Å². The zero-order valence-electron chi connectivity index (χ0n) is 15.3. The molecule has 0 unspecified atom stereocenters. The molecular formula is C21H17ClFN3O2S. The van der Waals surface area contributed by atoms with Gasteiger partial charge in [-0.15, -0.1) is 11.3 Å². The smallest absolute Gasteiger partial charge is 0.283 e. The van der Waals surface area contributed by atoms with Crippen molar-refractivity contribution in [3.05, 3.63) is 86.1 Å². The lowest BCUT2D eigenvalue weighted by Crippen LogP contribution is -2.34. The molecular weight excluding hydrogens is 413 g/mol. The maximum atomic E-state index is 14.4. The van der Waals surface area contributed by atoms with Crippen molar-refractivity contribution < 1.29 is 14.0 Å². The molecule has 2 amide bonds. The molecule has 3 aromatic rings. The van der Waals surface area contributed by atoms with Gasteiger partial charge in [-0.25, -0.2) is 9.37 Å². The molecule has 1 aromatic heterocycles. The summed E-state index contributed by atoms with van der Waals surface area (Å²) >= 11 is 7.32. The van der Waals surface area contributed by atoms with Gasteiger partial charge in [0, 0.05) is 28.7 Å². The Morgan fingerprint density at radius 3 is 2.83 bits per heavy atom. The Morgan fingerprint density at radius 2 is 2.10 bits per heavy atom. The molecule has 1 heterocycles. The van der Waals surface area contributed by atoms with Crippen molar-refractivity contribution >= 4 is 34.8 Å². The number of thiazole rings is 1. The third-order valence-electron chi connectivity index (χ3n) is 5.10. The molecule has 8 heteroatoms. The molecule has 0 saturated heterocycles. The van der Waals surface area contributed by atoms with E-state index in [-0.39, 0.29) is 29.3 Å². The first kappa shape index (κ1) is 19.5. The van der Waals surface area contributed by atoms with Crippen LogP contribution in [0.1, 0.15) is 49.3 Å². The van der Waals surface area contributed by atoms with Crippen LogP contribution in [-0.4, -0.2) is 21.7 Å². The molecule has 29 heavy (non-hydrogen) atoms. The van der Waals surface area contributed by atoms with E-state index in [1.165, 1.54) is 17.4 Å². The molecule has 148 valence electrons. The van der Waals surface area contributed by atoms with E-state index in [2.05, 4.69) is 4.98 Å². The second kappa shape index (κ2) is 7.93. The van der Waals surface area contributed by atoms with Crippen molar-refractivity contribution in [1.82, 2.24) is 9.88 Å². The van der Waals surface area contributed by atoms with Crippen molar-refractivity contribution in [2.75, 3.05) is 0 Å². The Morgan fingerprint density at radius 1 is 1.31 bits per heavy atom. The van der Waals surface area contributed by atoms with Gasteiger partial charge in [0.1, 0.15) is 5.82 Å². The molecule has 4 rings (SSSR count). The number of nitrogens with zero attached hydrogens (tertiary/aromatic N) is 2.